The number of nitrogens with zero attached hydrogens (tertiary/aromatic N) is 1. The van der Waals surface area contributed by atoms with E-state index in [-0.39, 0.29) is 18.4 Å². The van der Waals surface area contributed by atoms with E-state index >= 15 is 0 Å². The smallest absolute Gasteiger partial charge is 0.306 e. The van der Waals surface area contributed by atoms with Crippen molar-refractivity contribution in [1.29, 1.82) is 0 Å². The fourth-order valence-corrected chi connectivity index (χ4v) is 3.23. The van der Waals surface area contributed by atoms with Crippen molar-refractivity contribution in [2.24, 2.45) is 5.92 Å². The molecule has 26 heavy (non-hydrogen) atoms. The molecule has 3 rings (SSSR count). The molecule has 1 aliphatic rings. The summed E-state index contributed by atoms with van der Waals surface area (Å²) >= 11 is 6.15. The quantitative estimate of drug-likeness (QED) is 0.864. The first kappa shape index (κ1) is 18.3. The zero-order chi connectivity index (χ0) is 18.5. The molecule has 0 bridgehead atoms. The molecule has 0 unspecified atom stereocenters. The predicted octanol–water partition coefficient (Wildman–Crippen LogP) is 3.86. The molecule has 0 aromatic heterocycles. The highest BCUT2D eigenvalue weighted by Gasteiger charge is 2.28. The van der Waals surface area contributed by atoms with Gasteiger partial charge in [-0.3, -0.25) is 9.59 Å². The van der Waals surface area contributed by atoms with Crippen LogP contribution < -0.4 is 4.74 Å². The summed E-state index contributed by atoms with van der Waals surface area (Å²) in [6.07, 6.45) is 0.952. The van der Waals surface area contributed by atoms with Crippen LogP contribution in [-0.4, -0.2) is 35.0 Å². The number of benzene rings is 2. The molecule has 1 N–H and O–H groups in total. The summed E-state index contributed by atoms with van der Waals surface area (Å²) in [5.41, 5.74) is 1.33. The Morgan fingerprint density at radius 2 is 1.73 bits per heavy atom. The van der Waals surface area contributed by atoms with Gasteiger partial charge in [0, 0.05) is 23.7 Å². The number of carboxylic acid groups (broad SMARTS) is 1. The Hall–Kier alpha value is -2.53. The van der Waals surface area contributed by atoms with Crippen LogP contribution in [0.4, 0.5) is 0 Å². The maximum atomic E-state index is 12.8. The summed E-state index contributed by atoms with van der Waals surface area (Å²) in [4.78, 5) is 25.6. The number of carboxylic acids is 1. The van der Waals surface area contributed by atoms with Gasteiger partial charge in [-0.1, -0.05) is 41.9 Å². The van der Waals surface area contributed by atoms with Crippen molar-refractivity contribution in [3.8, 4) is 5.75 Å². The van der Waals surface area contributed by atoms with Gasteiger partial charge in [-0.15, -0.1) is 0 Å². The maximum Gasteiger partial charge on any atom is 0.306 e. The Kier molecular flexibility index (Phi) is 5.78. The number of likely N-dealkylation sites (tertiary alicyclic amines) is 1. The van der Waals surface area contributed by atoms with E-state index < -0.39 is 5.97 Å². The molecule has 0 atom stereocenters. The summed E-state index contributed by atoms with van der Waals surface area (Å²) in [6.45, 7) is 1.15. The average Bonchev–Trinajstić information content (AvgIpc) is 2.67. The fraction of sp³-hybridized carbons (Fsp3) is 0.300. The molecule has 1 saturated heterocycles. The van der Waals surface area contributed by atoms with Crippen molar-refractivity contribution in [2.75, 3.05) is 13.1 Å². The summed E-state index contributed by atoms with van der Waals surface area (Å²) in [5, 5.41) is 9.71. The highest BCUT2D eigenvalue weighted by molar-refractivity contribution is 6.31. The van der Waals surface area contributed by atoms with Gasteiger partial charge in [0.25, 0.3) is 5.91 Å². The number of halogens is 1. The van der Waals surface area contributed by atoms with Gasteiger partial charge >= 0.3 is 5.97 Å². The number of para-hydroxylation sites is 1. The Labute approximate surface area is 157 Å². The first-order valence-corrected chi connectivity index (χ1v) is 8.91. The largest absolute Gasteiger partial charge is 0.488 e. The summed E-state index contributed by atoms with van der Waals surface area (Å²) in [6, 6.07) is 14.5. The molecular formula is C20H20ClNO4. The van der Waals surface area contributed by atoms with Gasteiger partial charge < -0.3 is 14.7 Å². The Bertz CT molecular complexity index is 800. The van der Waals surface area contributed by atoms with Crippen LogP contribution in [0.15, 0.2) is 48.5 Å². The SMILES string of the molecule is O=C(O)C1CCN(C(=O)c2ccccc2OCc2ccccc2Cl)CC1. The van der Waals surface area contributed by atoms with E-state index in [2.05, 4.69) is 0 Å². The second kappa shape index (κ2) is 8.23. The Balaban J connectivity index is 1.70. The predicted molar refractivity (Wildman–Crippen MR) is 98.5 cm³/mol. The minimum Gasteiger partial charge on any atom is -0.488 e. The fourth-order valence-electron chi connectivity index (χ4n) is 3.04. The molecule has 0 aliphatic carbocycles. The lowest BCUT2D eigenvalue weighted by molar-refractivity contribution is -0.143. The van der Waals surface area contributed by atoms with Gasteiger partial charge in [0.05, 0.1) is 11.5 Å². The minimum atomic E-state index is -0.791. The minimum absolute atomic E-state index is 0.136. The van der Waals surface area contributed by atoms with Crippen molar-refractivity contribution >= 4 is 23.5 Å². The maximum absolute atomic E-state index is 12.8. The number of carbonyl (C=O) groups excluding carboxylic acids is 1. The van der Waals surface area contributed by atoms with Gasteiger partial charge in [-0.25, -0.2) is 0 Å². The standard InChI is InChI=1S/C20H20ClNO4/c21-17-7-3-1-5-15(17)13-26-18-8-4-2-6-16(18)19(23)22-11-9-14(10-12-22)20(24)25/h1-8,14H,9-13H2,(H,24,25). The Morgan fingerprint density at radius 1 is 1.08 bits per heavy atom. The molecule has 136 valence electrons. The summed E-state index contributed by atoms with van der Waals surface area (Å²) in [5.74, 6) is -0.798. The van der Waals surface area contributed by atoms with Crippen molar-refractivity contribution in [3.63, 3.8) is 0 Å². The van der Waals surface area contributed by atoms with Crippen LogP contribution in [0.3, 0.4) is 0 Å². The van der Waals surface area contributed by atoms with Gasteiger partial charge in [0.1, 0.15) is 12.4 Å². The van der Waals surface area contributed by atoms with Gasteiger partial charge in [0.15, 0.2) is 0 Å². The van der Waals surface area contributed by atoms with E-state index in [1.165, 1.54) is 0 Å². The third-order valence-corrected chi connectivity index (χ3v) is 4.96. The molecule has 1 aliphatic heterocycles. The van der Waals surface area contributed by atoms with Crippen LogP contribution in [0.1, 0.15) is 28.8 Å². The number of ether oxygens (including phenoxy) is 1. The second-order valence-electron chi connectivity index (χ2n) is 6.28. The van der Waals surface area contributed by atoms with E-state index in [1.54, 1.807) is 29.2 Å². The monoisotopic (exact) mass is 373 g/mol. The van der Waals surface area contributed by atoms with E-state index in [4.69, 9.17) is 21.4 Å². The summed E-state index contributed by atoms with van der Waals surface area (Å²) in [7, 11) is 0. The van der Waals surface area contributed by atoms with E-state index in [1.807, 2.05) is 24.3 Å². The number of piperidine rings is 1. The molecule has 2 aromatic carbocycles. The van der Waals surface area contributed by atoms with Crippen LogP contribution in [0, 0.1) is 5.92 Å². The molecule has 1 fully saturated rings. The van der Waals surface area contributed by atoms with E-state index in [0.717, 1.165) is 5.56 Å². The topological polar surface area (TPSA) is 66.8 Å². The lowest BCUT2D eigenvalue weighted by Gasteiger charge is -2.30. The molecule has 1 amide bonds. The zero-order valence-corrected chi connectivity index (χ0v) is 15.0. The van der Waals surface area contributed by atoms with Crippen LogP contribution in [0.5, 0.6) is 5.75 Å². The first-order chi connectivity index (χ1) is 12.6. The molecule has 5 nitrogen and oxygen atoms in total. The number of hydrogen-bond donors (Lipinski definition) is 1. The van der Waals surface area contributed by atoms with Crippen molar-refractivity contribution in [3.05, 3.63) is 64.7 Å². The lowest BCUT2D eigenvalue weighted by Crippen LogP contribution is -2.40. The van der Waals surface area contributed by atoms with Crippen molar-refractivity contribution in [1.82, 2.24) is 4.90 Å². The van der Waals surface area contributed by atoms with Crippen molar-refractivity contribution in [2.45, 2.75) is 19.4 Å². The van der Waals surface area contributed by atoms with E-state index in [9.17, 15) is 9.59 Å². The molecule has 0 spiro atoms. The molecule has 2 aromatic rings. The lowest BCUT2D eigenvalue weighted by atomic mass is 9.96. The normalized spacial score (nSPS) is 14.9. The van der Waals surface area contributed by atoms with Crippen LogP contribution in [0.25, 0.3) is 0 Å². The van der Waals surface area contributed by atoms with Crippen LogP contribution in [0.2, 0.25) is 5.02 Å². The Morgan fingerprint density at radius 3 is 2.42 bits per heavy atom. The van der Waals surface area contributed by atoms with Gasteiger partial charge in [0.2, 0.25) is 0 Å². The third-order valence-electron chi connectivity index (χ3n) is 4.59. The number of hydrogen-bond acceptors (Lipinski definition) is 3. The van der Waals surface area contributed by atoms with Crippen LogP contribution in [-0.2, 0) is 11.4 Å². The summed E-state index contributed by atoms with van der Waals surface area (Å²) < 4.78 is 5.85. The molecule has 6 heteroatoms. The van der Waals surface area contributed by atoms with Crippen molar-refractivity contribution < 1.29 is 19.4 Å². The van der Waals surface area contributed by atoms with Gasteiger partial charge in [-0.05, 0) is 31.0 Å². The molecule has 1 heterocycles. The van der Waals surface area contributed by atoms with E-state index in [0.29, 0.717) is 42.3 Å². The second-order valence-corrected chi connectivity index (χ2v) is 6.69. The highest BCUT2D eigenvalue weighted by Crippen LogP contribution is 2.25. The molecule has 0 saturated carbocycles. The zero-order valence-electron chi connectivity index (χ0n) is 14.2. The third kappa shape index (κ3) is 4.17. The molecule has 0 radical (unpaired) electrons. The first-order valence-electron chi connectivity index (χ1n) is 8.53. The van der Waals surface area contributed by atoms with Crippen LogP contribution >= 0.6 is 11.6 Å². The molecular weight excluding hydrogens is 354 g/mol. The number of rotatable bonds is 5. The average molecular weight is 374 g/mol. The highest BCUT2D eigenvalue weighted by atomic mass is 35.5. The number of aliphatic carboxylic acids is 1. The van der Waals surface area contributed by atoms with Gasteiger partial charge in [-0.2, -0.15) is 0 Å². The number of carbonyl (C=O) groups is 2. The number of amides is 1.